The second-order valence-corrected chi connectivity index (χ2v) is 6.33. The van der Waals surface area contributed by atoms with Gasteiger partial charge < -0.3 is 10.0 Å². The van der Waals surface area contributed by atoms with Crippen molar-refractivity contribution in [3.05, 3.63) is 35.4 Å². The SMILES string of the molecule is CC(C)CN1CCC(O)(Cc2ccc(F)cc2F)CC1. The van der Waals surface area contributed by atoms with Crippen molar-refractivity contribution in [1.82, 2.24) is 4.90 Å². The minimum atomic E-state index is -0.869. The summed E-state index contributed by atoms with van der Waals surface area (Å²) >= 11 is 0. The third kappa shape index (κ3) is 4.00. The van der Waals surface area contributed by atoms with Crippen LogP contribution in [0.3, 0.4) is 0 Å². The van der Waals surface area contributed by atoms with Gasteiger partial charge in [-0.05, 0) is 30.4 Å². The fourth-order valence-electron chi connectivity index (χ4n) is 2.86. The maximum Gasteiger partial charge on any atom is 0.129 e. The van der Waals surface area contributed by atoms with Crippen molar-refractivity contribution in [2.75, 3.05) is 19.6 Å². The van der Waals surface area contributed by atoms with E-state index >= 15 is 0 Å². The van der Waals surface area contributed by atoms with Gasteiger partial charge in [-0.2, -0.15) is 0 Å². The van der Waals surface area contributed by atoms with Crippen molar-refractivity contribution >= 4 is 0 Å². The fourth-order valence-corrected chi connectivity index (χ4v) is 2.86. The van der Waals surface area contributed by atoms with Gasteiger partial charge in [0, 0.05) is 32.1 Å². The molecular weight excluding hydrogens is 260 g/mol. The van der Waals surface area contributed by atoms with Crippen LogP contribution in [0.1, 0.15) is 32.3 Å². The highest BCUT2D eigenvalue weighted by molar-refractivity contribution is 5.20. The lowest BCUT2D eigenvalue weighted by Gasteiger charge is -2.39. The van der Waals surface area contributed by atoms with Crippen molar-refractivity contribution in [2.24, 2.45) is 5.92 Å². The van der Waals surface area contributed by atoms with E-state index in [4.69, 9.17) is 0 Å². The molecule has 0 saturated carbocycles. The molecule has 0 spiro atoms. The van der Waals surface area contributed by atoms with Gasteiger partial charge in [-0.15, -0.1) is 0 Å². The Kier molecular flexibility index (Phi) is 4.76. The molecule has 1 aliphatic rings. The molecule has 1 aromatic carbocycles. The number of hydrogen-bond donors (Lipinski definition) is 1. The Balaban J connectivity index is 1.96. The van der Waals surface area contributed by atoms with E-state index in [-0.39, 0.29) is 6.42 Å². The molecule has 4 heteroatoms. The molecule has 1 saturated heterocycles. The Hall–Kier alpha value is -1.00. The molecule has 20 heavy (non-hydrogen) atoms. The summed E-state index contributed by atoms with van der Waals surface area (Å²) in [6, 6.07) is 3.56. The number of halogens is 2. The van der Waals surface area contributed by atoms with Crippen molar-refractivity contribution in [1.29, 1.82) is 0 Å². The van der Waals surface area contributed by atoms with Crippen molar-refractivity contribution in [3.8, 4) is 0 Å². The molecule has 1 aromatic rings. The van der Waals surface area contributed by atoms with Crippen molar-refractivity contribution < 1.29 is 13.9 Å². The number of benzene rings is 1. The summed E-state index contributed by atoms with van der Waals surface area (Å²) in [5.74, 6) is -0.538. The number of hydrogen-bond acceptors (Lipinski definition) is 2. The normalized spacial score (nSPS) is 19.5. The van der Waals surface area contributed by atoms with Crippen LogP contribution in [0.25, 0.3) is 0 Å². The molecule has 1 N–H and O–H groups in total. The lowest BCUT2D eigenvalue weighted by atomic mass is 9.85. The van der Waals surface area contributed by atoms with E-state index in [1.807, 2.05) is 0 Å². The summed E-state index contributed by atoms with van der Waals surface area (Å²) in [4.78, 5) is 2.33. The lowest BCUT2D eigenvalue weighted by molar-refractivity contribution is -0.0232. The number of rotatable bonds is 4. The van der Waals surface area contributed by atoms with Crippen LogP contribution in [0.4, 0.5) is 8.78 Å². The van der Waals surface area contributed by atoms with E-state index in [0.717, 1.165) is 25.7 Å². The predicted molar refractivity (Wildman–Crippen MR) is 75.5 cm³/mol. The highest BCUT2D eigenvalue weighted by Gasteiger charge is 2.33. The fraction of sp³-hybridized carbons (Fsp3) is 0.625. The maximum atomic E-state index is 13.7. The van der Waals surface area contributed by atoms with Crippen LogP contribution in [-0.2, 0) is 6.42 Å². The predicted octanol–water partition coefficient (Wildman–Crippen LogP) is 2.99. The Bertz CT molecular complexity index is 454. The molecular formula is C16H23F2NO. The van der Waals surface area contributed by atoms with Gasteiger partial charge in [-0.1, -0.05) is 19.9 Å². The first kappa shape index (κ1) is 15.4. The van der Waals surface area contributed by atoms with Gasteiger partial charge in [0.15, 0.2) is 0 Å². The van der Waals surface area contributed by atoms with Crippen LogP contribution in [0.2, 0.25) is 0 Å². The first-order chi connectivity index (χ1) is 9.38. The third-order valence-corrected chi connectivity index (χ3v) is 3.94. The Morgan fingerprint density at radius 3 is 2.45 bits per heavy atom. The summed E-state index contributed by atoms with van der Waals surface area (Å²) in [5, 5.41) is 10.6. The van der Waals surface area contributed by atoms with Crippen LogP contribution < -0.4 is 0 Å². The van der Waals surface area contributed by atoms with E-state index in [1.54, 1.807) is 0 Å². The summed E-state index contributed by atoms with van der Waals surface area (Å²) in [6.45, 7) is 7.04. The third-order valence-electron chi connectivity index (χ3n) is 3.94. The van der Waals surface area contributed by atoms with E-state index in [0.29, 0.717) is 24.3 Å². The average Bonchev–Trinajstić information content (AvgIpc) is 2.36. The average molecular weight is 283 g/mol. The Morgan fingerprint density at radius 2 is 1.90 bits per heavy atom. The molecule has 0 atom stereocenters. The summed E-state index contributed by atoms with van der Waals surface area (Å²) in [6.07, 6.45) is 1.53. The van der Waals surface area contributed by atoms with Crippen LogP contribution in [-0.4, -0.2) is 35.2 Å². The van der Waals surface area contributed by atoms with Crippen molar-refractivity contribution in [2.45, 2.75) is 38.7 Å². The Labute approximate surface area is 119 Å². The van der Waals surface area contributed by atoms with Gasteiger partial charge in [-0.25, -0.2) is 8.78 Å². The lowest BCUT2D eigenvalue weighted by Crippen LogP contribution is -2.46. The van der Waals surface area contributed by atoms with E-state index in [9.17, 15) is 13.9 Å². The Morgan fingerprint density at radius 1 is 1.25 bits per heavy atom. The van der Waals surface area contributed by atoms with Gasteiger partial charge in [0.2, 0.25) is 0 Å². The van der Waals surface area contributed by atoms with Crippen LogP contribution in [0, 0.1) is 17.6 Å². The molecule has 0 bridgehead atoms. The number of likely N-dealkylation sites (tertiary alicyclic amines) is 1. The molecule has 0 radical (unpaired) electrons. The maximum absolute atomic E-state index is 13.7. The molecule has 2 nitrogen and oxygen atoms in total. The second kappa shape index (κ2) is 6.19. The molecule has 1 fully saturated rings. The number of nitrogens with zero attached hydrogens (tertiary/aromatic N) is 1. The van der Waals surface area contributed by atoms with E-state index in [2.05, 4.69) is 18.7 Å². The second-order valence-electron chi connectivity index (χ2n) is 6.33. The molecule has 1 aliphatic heterocycles. The van der Waals surface area contributed by atoms with E-state index in [1.165, 1.54) is 12.1 Å². The molecule has 1 heterocycles. The summed E-state index contributed by atoms with van der Waals surface area (Å²) in [7, 11) is 0. The van der Waals surface area contributed by atoms with Gasteiger partial charge in [0.05, 0.1) is 5.60 Å². The zero-order valence-electron chi connectivity index (χ0n) is 12.2. The topological polar surface area (TPSA) is 23.5 Å². The molecule has 112 valence electrons. The summed E-state index contributed by atoms with van der Waals surface area (Å²) < 4.78 is 26.5. The quantitative estimate of drug-likeness (QED) is 0.918. The largest absolute Gasteiger partial charge is 0.389 e. The first-order valence-corrected chi connectivity index (χ1v) is 7.27. The smallest absolute Gasteiger partial charge is 0.129 e. The molecule has 2 rings (SSSR count). The number of aliphatic hydroxyl groups is 1. The minimum absolute atomic E-state index is 0.259. The summed E-state index contributed by atoms with van der Waals surface area (Å²) in [5.41, 5.74) is -0.474. The van der Waals surface area contributed by atoms with Crippen LogP contribution in [0.5, 0.6) is 0 Å². The minimum Gasteiger partial charge on any atom is -0.389 e. The monoisotopic (exact) mass is 283 g/mol. The standard InChI is InChI=1S/C16H23F2NO/c1-12(2)11-19-7-5-16(20,6-8-19)10-13-3-4-14(17)9-15(13)18/h3-4,9,12,20H,5-8,10-11H2,1-2H3. The molecule has 0 aliphatic carbocycles. The van der Waals surface area contributed by atoms with Crippen molar-refractivity contribution in [3.63, 3.8) is 0 Å². The molecule has 0 aromatic heterocycles. The van der Waals surface area contributed by atoms with Gasteiger partial charge >= 0.3 is 0 Å². The van der Waals surface area contributed by atoms with Gasteiger partial charge in [0.25, 0.3) is 0 Å². The van der Waals surface area contributed by atoms with E-state index < -0.39 is 17.2 Å². The van der Waals surface area contributed by atoms with Gasteiger partial charge in [0.1, 0.15) is 11.6 Å². The number of piperidine rings is 1. The van der Waals surface area contributed by atoms with Crippen LogP contribution >= 0.6 is 0 Å². The highest BCUT2D eigenvalue weighted by atomic mass is 19.1. The zero-order valence-corrected chi connectivity index (χ0v) is 12.2. The zero-order chi connectivity index (χ0) is 14.8. The molecule has 0 amide bonds. The molecule has 0 unspecified atom stereocenters. The first-order valence-electron chi connectivity index (χ1n) is 7.27. The van der Waals surface area contributed by atoms with Gasteiger partial charge in [-0.3, -0.25) is 0 Å². The highest BCUT2D eigenvalue weighted by Crippen LogP contribution is 2.27. The van der Waals surface area contributed by atoms with Crippen LogP contribution in [0.15, 0.2) is 18.2 Å².